The standard InChI is InChI=1S/C24H24N4O2/c1-4-30-21-13-9-19(10-14-21)25-23(29)22-18(3)26-28(20-11-7-17(2)8-12-20)24(22)27-15-5-6-16-27/h5-16H,4H2,1-3H3,(H,25,29). The molecular weight excluding hydrogens is 376 g/mol. The van der Waals surface area contributed by atoms with Crippen LogP contribution in [0.4, 0.5) is 5.69 Å². The summed E-state index contributed by atoms with van der Waals surface area (Å²) in [6, 6.07) is 19.3. The summed E-state index contributed by atoms with van der Waals surface area (Å²) in [6.07, 6.45) is 3.82. The molecule has 0 atom stereocenters. The molecule has 1 amide bonds. The molecule has 0 bridgehead atoms. The van der Waals surface area contributed by atoms with Gasteiger partial charge in [0.15, 0.2) is 5.82 Å². The van der Waals surface area contributed by atoms with E-state index in [0.29, 0.717) is 29.4 Å². The van der Waals surface area contributed by atoms with Gasteiger partial charge in [-0.05, 0) is 69.3 Å². The fourth-order valence-corrected chi connectivity index (χ4v) is 3.36. The van der Waals surface area contributed by atoms with Crippen molar-refractivity contribution < 1.29 is 9.53 Å². The minimum Gasteiger partial charge on any atom is -0.494 e. The fourth-order valence-electron chi connectivity index (χ4n) is 3.36. The number of rotatable bonds is 6. The first-order valence-corrected chi connectivity index (χ1v) is 9.91. The van der Waals surface area contributed by atoms with Crippen molar-refractivity contribution in [3.05, 3.63) is 89.9 Å². The number of nitrogens with one attached hydrogen (secondary N) is 1. The molecule has 0 fully saturated rings. The SMILES string of the molecule is CCOc1ccc(NC(=O)c2c(C)nn(-c3ccc(C)cc3)c2-n2cccc2)cc1. The zero-order valence-corrected chi connectivity index (χ0v) is 17.3. The van der Waals surface area contributed by atoms with Gasteiger partial charge in [0.05, 0.1) is 18.0 Å². The highest BCUT2D eigenvalue weighted by Gasteiger charge is 2.23. The third-order valence-corrected chi connectivity index (χ3v) is 4.81. The van der Waals surface area contributed by atoms with Gasteiger partial charge in [-0.1, -0.05) is 17.7 Å². The van der Waals surface area contributed by atoms with Gasteiger partial charge in [0, 0.05) is 18.1 Å². The van der Waals surface area contributed by atoms with Crippen LogP contribution in [0.2, 0.25) is 0 Å². The van der Waals surface area contributed by atoms with Crippen molar-refractivity contribution in [3.8, 4) is 17.3 Å². The largest absolute Gasteiger partial charge is 0.494 e. The van der Waals surface area contributed by atoms with Crippen LogP contribution in [0.3, 0.4) is 0 Å². The van der Waals surface area contributed by atoms with Crippen LogP contribution >= 0.6 is 0 Å². The van der Waals surface area contributed by atoms with Gasteiger partial charge in [-0.15, -0.1) is 0 Å². The fraction of sp³-hybridized carbons (Fsp3) is 0.167. The number of hydrogen-bond acceptors (Lipinski definition) is 3. The molecule has 0 radical (unpaired) electrons. The summed E-state index contributed by atoms with van der Waals surface area (Å²) >= 11 is 0. The average Bonchev–Trinajstić information content (AvgIpc) is 3.38. The van der Waals surface area contributed by atoms with Crippen molar-refractivity contribution >= 4 is 11.6 Å². The number of anilines is 1. The van der Waals surface area contributed by atoms with Gasteiger partial charge in [-0.2, -0.15) is 5.10 Å². The van der Waals surface area contributed by atoms with E-state index in [-0.39, 0.29) is 5.91 Å². The van der Waals surface area contributed by atoms with Gasteiger partial charge in [-0.3, -0.25) is 4.79 Å². The molecule has 0 aliphatic carbocycles. The monoisotopic (exact) mass is 400 g/mol. The molecular formula is C24H24N4O2. The van der Waals surface area contributed by atoms with Gasteiger partial charge in [0.25, 0.3) is 5.91 Å². The van der Waals surface area contributed by atoms with E-state index in [1.54, 1.807) is 0 Å². The molecule has 0 aliphatic heterocycles. The molecule has 6 heteroatoms. The predicted molar refractivity (Wildman–Crippen MR) is 118 cm³/mol. The minimum atomic E-state index is -0.210. The van der Waals surface area contributed by atoms with Crippen molar-refractivity contribution in [1.29, 1.82) is 0 Å². The summed E-state index contributed by atoms with van der Waals surface area (Å²) in [5.41, 5.74) is 3.94. The lowest BCUT2D eigenvalue weighted by Crippen LogP contribution is -2.16. The van der Waals surface area contributed by atoms with Crippen molar-refractivity contribution in [2.45, 2.75) is 20.8 Å². The van der Waals surface area contributed by atoms with Gasteiger partial charge in [0.2, 0.25) is 0 Å². The zero-order valence-electron chi connectivity index (χ0n) is 17.3. The maximum atomic E-state index is 13.3. The minimum absolute atomic E-state index is 0.210. The Morgan fingerprint density at radius 2 is 1.67 bits per heavy atom. The van der Waals surface area contributed by atoms with Crippen molar-refractivity contribution in [1.82, 2.24) is 14.3 Å². The van der Waals surface area contributed by atoms with Crippen LogP contribution in [0, 0.1) is 13.8 Å². The molecule has 30 heavy (non-hydrogen) atoms. The second kappa shape index (κ2) is 8.29. The number of aromatic nitrogens is 3. The van der Waals surface area contributed by atoms with Crippen molar-refractivity contribution in [2.75, 3.05) is 11.9 Å². The smallest absolute Gasteiger partial charge is 0.261 e. The van der Waals surface area contributed by atoms with Crippen LogP contribution in [0.5, 0.6) is 5.75 Å². The summed E-state index contributed by atoms with van der Waals surface area (Å²) in [7, 11) is 0. The molecule has 4 rings (SSSR count). The number of ether oxygens (including phenoxy) is 1. The zero-order chi connectivity index (χ0) is 21.1. The van der Waals surface area contributed by atoms with Crippen LogP contribution in [0.25, 0.3) is 11.5 Å². The lowest BCUT2D eigenvalue weighted by Gasteiger charge is -2.12. The molecule has 2 aromatic heterocycles. The maximum absolute atomic E-state index is 13.3. The highest BCUT2D eigenvalue weighted by Crippen LogP contribution is 2.25. The van der Waals surface area contributed by atoms with Crippen LogP contribution in [-0.2, 0) is 0 Å². The van der Waals surface area contributed by atoms with Crippen molar-refractivity contribution in [3.63, 3.8) is 0 Å². The van der Waals surface area contributed by atoms with E-state index in [1.165, 1.54) is 5.56 Å². The first-order valence-electron chi connectivity index (χ1n) is 9.91. The summed E-state index contributed by atoms with van der Waals surface area (Å²) in [6.45, 7) is 6.43. The van der Waals surface area contributed by atoms with Gasteiger partial charge < -0.3 is 14.6 Å². The van der Waals surface area contributed by atoms with E-state index in [0.717, 1.165) is 11.4 Å². The van der Waals surface area contributed by atoms with Crippen molar-refractivity contribution in [2.24, 2.45) is 0 Å². The Labute approximate surface area is 175 Å². The topological polar surface area (TPSA) is 61.1 Å². The summed E-state index contributed by atoms with van der Waals surface area (Å²) < 4.78 is 9.19. The summed E-state index contributed by atoms with van der Waals surface area (Å²) in [5, 5.41) is 7.67. The van der Waals surface area contributed by atoms with E-state index in [9.17, 15) is 4.79 Å². The van der Waals surface area contributed by atoms with E-state index in [1.807, 2.05) is 103 Å². The molecule has 0 unspecified atom stereocenters. The molecule has 6 nitrogen and oxygen atoms in total. The number of nitrogens with zero attached hydrogens (tertiary/aromatic N) is 3. The number of carbonyl (C=O) groups excluding carboxylic acids is 1. The number of amides is 1. The average molecular weight is 400 g/mol. The Balaban J connectivity index is 1.73. The molecule has 4 aromatic rings. The normalized spacial score (nSPS) is 10.8. The Morgan fingerprint density at radius 3 is 2.30 bits per heavy atom. The van der Waals surface area contributed by atoms with E-state index in [2.05, 4.69) is 10.4 Å². The Morgan fingerprint density at radius 1 is 1.00 bits per heavy atom. The Hall–Kier alpha value is -3.80. The maximum Gasteiger partial charge on any atom is 0.261 e. The molecule has 2 heterocycles. The van der Waals surface area contributed by atoms with Crippen LogP contribution in [0.15, 0.2) is 73.1 Å². The first-order chi connectivity index (χ1) is 14.6. The van der Waals surface area contributed by atoms with Crippen LogP contribution in [-0.4, -0.2) is 26.9 Å². The Kier molecular flexibility index (Phi) is 5.39. The highest BCUT2D eigenvalue weighted by molar-refractivity contribution is 6.07. The van der Waals surface area contributed by atoms with E-state index >= 15 is 0 Å². The van der Waals surface area contributed by atoms with E-state index in [4.69, 9.17) is 4.74 Å². The summed E-state index contributed by atoms with van der Waals surface area (Å²) in [4.78, 5) is 13.3. The lowest BCUT2D eigenvalue weighted by molar-refractivity contribution is 0.102. The Bertz CT molecular complexity index is 1140. The highest BCUT2D eigenvalue weighted by atomic mass is 16.5. The quantitative estimate of drug-likeness (QED) is 0.499. The second-order valence-electron chi connectivity index (χ2n) is 7.03. The molecule has 0 aliphatic rings. The molecule has 2 aromatic carbocycles. The lowest BCUT2D eigenvalue weighted by atomic mass is 10.2. The third-order valence-electron chi connectivity index (χ3n) is 4.81. The van der Waals surface area contributed by atoms with Gasteiger partial charge >= 0.3 is 0 Å². The number of benzene rings is 2. The van der Waals surface area contributed by atoms with Crippen LogP contribution in [0.1, 0.15) is 28.5 Å². The third kappa shape index (κ3) is 3.85. The molecule has 0 saturated carbocycles. The molecule has 1 N–H and O–H groups in total. The first kappa shape index (κ1) is 19.5. The number of aryl methyl sites for hydroxylation is 2. The summed E-state index contributed by atoms with van der Waals surface area (Å²) in [5.74, 6) is 1.26. The number of hydrogen-bond donors (Lipinski definition) is 1. The predicted octanol–water partition coefficient (Wildman–Crippen LogP) is 4.93. The van der Waals surface area contributed by atoms with Gasteiger partial charge in [0.1, 0.15) is 11.3 Å². The molecule has 0 saturated heterocycles. The van der Waals surface area contributed by atoms with Crippen LogP contribution < -0.4 is 10.1 Å². The van der Waals surface area contributed by atoms with E-state index < -0.39 is 0 Å². The van der Waals surface area contributed by atoms with Gasteiger partial charge in [-0.25, -0.2) is 4.68 Å². The second-order valence-corrected chi connectivity index (χ2v) is 7.03. The molecule has 152 valence electrons. The number of carbonyl (C=O) groups is 1. The molecule has 0 spiro atoms.